The van der Waals surface area contributed by atoms with Gasteiger partial charge in [-0.05, 0) is 63.1 Å². The number of benzene rings is 6. The highest BCUT2D eigenvalue weighted by atomic mass is 32.1. The number of rotatable bonds is 4. The maximum Gasteiger partial charge on any atom is 0.143 e. The Kier molecular flexibility index (Phi) is 8.15. The summed E-state index contributed by atoms with van der Waals surface area (Å²) in [6, 6.07) is 36.1. The Hall–Kier alpha value is -5.26. The molecule has 2 aromatic heterocycles. The Morgan fingerprint density at radius 3 is 2.06 bits per heavy atom. The molecule has 0 aliphatic carbocycles. The summed E-state index contributed by atoms with van der Waals surface area (Å²) in [4.78, 5) is 10.7. The van der Waals surface area contributed by atoms with Crippen LogP contribution in [-0.2, 0) is 16.2 Å². The van der Waals surface area contributed by atoms with Crippen molar-refractivity contribution >= 4 is 66.2 Å². The highest BCUT2D eigenvalue weighted by Gasteiger charge is 2.26. The van der Waals surface area contributed by atoms with Gasteiger partial charge in [0.25, 0.3) is 0 Å². The van der Waals surface area contributed by atoms with Gasteiger partial charge in [0, 0.05) is 50.2 Å². The number of aromatic nitrogens is 1. The Morgan fingerprint density at radius 2 is 1.32 bits per heavy atom. The monoisotopic (exact) mass is 714 g/mol. The number of furan rings is 1. The first-order valence-corrected chi connectivity index (χ1v) is 19.2. The van der Waals surface area contributed by atoms with Crippen LogP contribution in [0, 0.1) is 0 Å². The number of phenolic OH excluding ortho intramolecular Hbond substituents is 1. The molecule has 0 amide bonds. The summed E-state index contributed by atoms with van der Waals surface area (Å²) in [7, 11) is 0. The Bertz CT molecular complexity index is 2740. The molecule has 266 valence electrons. The van der Waals surface area contributed by atoms with E-state index in [1.807, 2.05) is 18.3 Å². The fourth-order valence-corrected chi connectivity index (χ4v) is 8.26. The van der Waals surface area contributed by atoms with E-state index in [2.05, 4.69) is 153 Å². The molecule has 0 aliphatic heterocycles. The summed E-state index contributed by atoms with van der Waals surface area (Å²) < 4.78 is 7.66. The SMILES string of the molecule is CC(C)(C)c1cc(C=Nc2c(-c3nc4c(-c5cccc6c5oc5ccccc56)cc(C(C)(C)C)cc4s3)ccc3ccccc23)c(O)c(C(C)(C)C)c1. The maximum atomic E-state index is 11.6. The molecular weight excluding hydrogens is 669 g/mol. The zero-order valence-corrected chi connectivity index (χ0v) is 32.9. The second kappa shape index (κ2) is 12.4. The molecule has 0 radical (unpaired) electrons. The van der Waals surface area contributed by atoms with Crippen LogP contribution in [0.4, 0.5) is 5.69 Å². The third kappa shape index (κ3) is 6.21. The first kappa shape index (κ1) is 34.8. The zero-order valence-electron chi connectivity index (χ0n) is 32.1. The molecule has 0 bridgehead atoms. The molecule has 5 heteroatoms. The minimum atomic E-state index is -0.240. The van der Waals surface area contributed by atoms with Crippen LogP contribution in [0.5, 0.6) is 5.75 Å². The van der Waals surface area contributed by atoms with E-state index in [9.17, 15) is 5.11 Å². The number of para-hydroxylation sites is 2. The summed E-state index contributed by atoms with van der Waals surface area (Å²) in [6.45, 7) is 19.8. The molecule has 0 spiro atoms. The van der Waals surface area contributed by atoms with Gasteiger partial charge in [-0.1, -0.05) is 135 Å². The first-order chi connectivity index (χ1) is 25.1. The van der Waals surface area contributed by atoms with E-state index in [1.54, 1.807) is 11.3 Å². The molecule has 0 aliphatic rings. The zero-order chi connectivity index (χ0) is 37.4. The van der Waals surface area contributed by atoms with Gasteiger partial charge in [0.1, 0.15) is 21.9 Å². The molecule has 0 unspecified atom stereocenters. The fourth-order valence-electron chi connectivity index (χ4n) is 7.20. The molecule has 0 atom stereocenters. The normalized spacial score (nSPS) is 13.0. The van der Waals surface area contributed by atoms with E-state index in [-0.39, 0.29) is 22.0 Å². The topological polar surface area (TPSA) is 58.6 Å². The number of hydrogen-bond donors (Lipinski definition) is 1. The summed E-state index contributed by atoms with van der Waals surface area (Å²) in [5, 5.41) is 16.9. The van der Waals surface area contributed by atoms with Crippen molar-refractivity contribution < 1.29 is 9.52 Å². The van der Waals surface area contributed by atoms with Crippen molar-refractivity contribution in [1.29, 1.82) is 0 Å². The molecule has 8 aromatic rings. The number of hydrogen-bond acceptors (Lipinski definition) is 5. The number of aliphatic imine (C=N–C) groups is 1. The van der Waals surface area contributed by atoms with Crippen molar-refractivity contribution in [1.82, 2.24) is 4.98 Å². The Labute approximate surface area is 315 Å². The van der Waals surface area contributed by atoms with Crippen LogP contribution in [0.2, 0.25) is 0 Å². The van der Waals surface area contributed by atoms with Gasteiger partial charge in [-0.15, -0.1) is 11.3 Å². The van der Waals surface area contributed by atoms with Crippen molar-refractivity contribution in [3.8, 4) is 27.4 Å². The van der Waals surface area contributed by atoms with Crippen molar-refractivity contribution in [3.63, 3.8) is 0 Å². The van der Waals surface area contributed by atoms with Gasteiger partial charge < -0.3 is 9.52 Å². The van der Waals surface area contributed by atoms with Gasteiger partial charge in [-0.25, -0.2) is 4.98 Å². The number of thiazole rings is 1. The van der Waals surface area contributed by atoms with Gasteiger partial charge in [-0.2, -0.15) is 0 Å². The first-order valence-electron chi connectivity index (χ1n) is 18.4. The molecule has 0 saturated carbocycles. The largest absolute Gasteiger partial charge is 0.507 e. The van der Waals surface area contributed by atoms with E-state index in [0.29, 0.717) is 5.56 Å². The predicted octanol–water partition coefficient (Wildman–Crippen LogP) is 14.0. The van der Waals surface area contributed by atoms with Crippen molar-refractivity contribution in [2.75, 3.05) is 0 Å². The van der Waals surface area contributed by atoms with Crippen molar-refractivity contribution in [2.24, 2.45) is 4.99 Å². The van der Waals surface area contributed by atoms with E-state index >= 15 is 0 Å². The number of aromatic hydroxyl groups is 1. The lowest BCUT2D eigenvalue weighted by Gasteiger charge is -2.27. The second-order valence-electron chi connectivity index (χ2n) is 17.3. The van der Waals surface area contributed by atoms with Crippen molar-refractivity contribution in [2.45, 2.75) is 78.6 Å². The van der Waals surface area contributed by atoms with Crippen LogP contribution < -0.4 is 0 Å². The van der Waals surface area contributed by atoms with Gasteiger partial charge in [0.2, 0.25) is 0 Å². The molecular formula is C48H46N2O2S. The third-order valence-electron chi connectivity index (χ3n) is 10.3. The number of nitrogens with zero attached hydrogens (tertiary/aromatic N) is 2. The Morgan fingerprint density at radius 1 is 0.642 bits per heavy atom. The van der Waals surface area contributed by atoms with Crippen LogP contribution in [0.15, 0.2) is 113 Å². The molecule has 6 aromatic carbocycles. The molecule has 8 rings (SSSR count). The summed E-state index contributed by atoms with van der Waals surface area (Å²) in [6.07, 6.45) is 1.84. The molecule has 1 N–H and O–H groups in total. The van der Waals surface area contributed by atoms with Gasteiger partial charge in [0.15, 0.2) is 0 Å². The van der Waals surface area contributed by atoms with E-state index in [0.717, 1.165) is 81.4 Å². The predicted molar refractivity (Wildman–Crippen MR) is 227 cm³/mol. The molecule has 2 heterocycles. The lowest BCUT2D eigenvalue weighted by molar-refractivity contribution is 0.444. The second-order valence-corrected chi connectivity index (χ2v) is 18.4. The summed E-state index contributed by atoms with van der Waals surface area (Å²) >= 11 is 1.69. The fraction of sp³-hybridized carbons (Fsp3) is 0.250. The van der Waals surface area contributed by atoms with Gasteiger partial charge in [0.05, 0.1) is 15.9 Å². The number of fused-ring (bicyclic) bond motifs is 5. The van der Waals surface area contributed by atoms with Crippen LogP contribution >= 0.6 is 11.3 Å². The lowest BCUT2D eigenvalue weighted by atomic mass is 9.79. The van der Waals surface area contributed by atoms with Crippen LogP contribution in [-0.4, -0.2) is 16.3 Å². The lowest BCUT2D eigenvalue weighted by Crippen LogP contribution is -2.17. The smallest absolute Gasteiger partial charge is 0.143 e. The summed E-state index contributed by atoms with van der Waals surface area (Å²) in [5.41, 5.74) is 10.2. The molecule has 53 heavy (non-hydrogen) atoms. The van der Waals surface area contributed by atoms with E-state index in [1.165, 1.54) is 5.56 Å². The van der Waals surface area contributed by atoms with Crippen molar-refractivity contribution in [3.05, 3.63) is 125 Å². The third-order valence-corrected chi connectivity index (χ3v) is 11.4. The Balaban J connectivity index is 1.36. The molecule has 0 fully saturated rings. The minimum absolute atomic E-state index is 0.0806. The van der Waals surface area contributed by atoms with E-state index in [4.69, 9.17) is 14.4 Å². The van der Waals surface area contributed by atoms with Crippen LogP contribution in [0.1, 0.15) is 84.6 Å². The highest BCUT2D eigenvalue weighted by molar-refractivity contribution is 7.21. The maximum absolute atomic E-state index is 11.6. The van der Waals surface area contributed by atoms with Crippen LogP contribution in [0.3, 0.4) is 0 Å². The van der Waals surface area contributed by atoms with Gasteiger partial charge in [-0.3, -0.25) is 4.99 Å². The highest BCUT2D eigenvalue weighted by Crippen LogP contribution is 2.46. The average Bonchev–Trinajstić information content (AvgIpc) is 3.71. The molecule has 4 nitrogen and oxygen atoms in total. The van der Waals surface area contributed by atoms with E-state index < -0.39 is 0 Å². The number of phenols is 1. The summed E-state index contributed by atoms with van der Waals surface area (Å²) in [5.74, 6) is 0.273. The molecule has 0 saturated heterocycles. The van der Waals surface area contributed by atoms with Gasteiger partial charge >= 0.3 is 0 Å². The van der Waals surface area contributed by atoms with Crippen LogP contribution in [0.25, 0.3) is 64.6 Å². The quantitative estimate of drug-likeness (QED) is 0.185. The minimum Gasteiger partial charge on any atom is -0.507 e. The average molecular weight is 715 g/mol. The standard InChI is InChI=1S/C48H46N2O2S/c1-46(2,3)30-23-29(43(51)38(25-30)48(7,8)9)27-49-41-32-16-11-10-15-28(32)21-22-36(41)45-50-42-37(24-31(47(4,5)6)26-40(42)53-45)35-19-14-18-34-33-17-12-13-20-39(33)52-44(34)35/h10-27,51H,1-9H3.